The summed E-state index contributed by atoms with van der Waals surface area (Å²) in [4.78, 5) is 39.2. The van der Waals surface area contributed by atoms with Gasteiger partial charge in [-0.25, -0.2) is 4.79 Å². The normalized spacial score (nSPS) is 20.1. The summed E-state index contributed by atoms with van der Waals surface area (Å²) in [6, 6.07) is 7.57. The second kappa shape index (κ2) is 5.68. The highest BCUT2D eigenvalue weighted by molar-refractivity contribution is 6.06. The molecule has 1 N–H and O–H groups in total. The van der Waals surface area contributed by atoms with Gasteiger partial charge in [-0.15, -0.1) is 0 Å². The van der Waals surface area contributed by atoms with E-state index in [9.17, 15) is 14.4 Å². The Kier molecular flexibility index (Phi) is 3.83. The fourth-order valence-corrected chi connectivity index (χ4v) is 3.22. The standard InChI is InChI=1S/C17H21N3O3/c1-12-3-5-13(6-4-12)11-14(21)20-9-7-17(8-10-20)15(22)19(2)16(23)18-17/h3-6H,7-11H2,1-2H3,(H,18,23). The van der Waals surface area contributed by atoms with Gasteiger partial charge < -0.3 is 10.2 Å². The van der Waals surface area contributed by atoms with Crippen LogP contribution < -0.4 is 5.32 Å². The van der Waals surface area contributed by atoms with Gasteiger partial charge in [-0.05, 0) is 25.3 Å². The van der Waals surface area contributed by atoms with E-state index < -0.39 is 5.54 Å². The van der Waals surface area contributed by atoms with E-state index >= 15 is 0 Å². The van der Waals surface area contributed by atoms with Crippen LogP contribution in [0.3, 0.4) is 0 Å². The highest BCUT2D eigenvalue weighted by Gasteiger charge is 2.51. The van der Waals surface area contributed by atoms with E-state index in [2.05, 4.69) is 5.32 Å². The number of rotatable bonds is 2. The Balaban J connectivity index is 1.60. The number of urea groups is 1. The summed E-state index contributed by atoms with van der Waals surface area (Å²) in [6.45, 7) is 2.99. The van der Waals surface area contributed by atoms with E-state index in [1.807, 2.05) is 31.2 Å². The number of carbonyl (C=O) groups is 3. The number of likely N-dealkylation sites (N-methyl/N-ethyl adjacent to an activating group) is 1. The first-order valence-corrected chi connectivity index (χ1v) is 7.85. The molecule has 2 aliphatic rings. The first-order chi connectivity index (χ1) is 10.9. The number of imide groups is 1. The summed E-state index contributed by atoms with van der Waals surface area (Å²) in [5.74, 6) is -0.123. The number of nitrogens with one attached hydrogen (secondary N) is 1. The molecule has 1 aromatic rings. The molecule has 0 radical (unpaired) electrons. The van der Waals surface area contributed by atoms with Gasteiger partial charge in [-0.3, -0.25) is 14.5 Å². The molecule has 2 heterocycles. The van der Waals surface area contributed by atoms with Crippen LogP contribution in [0.15, 0.2) is 24.3 Å². The minimum atomic E-state index is -0.813. The van der Waals surface area contributed by atoms with Crippen LogP contribution in [0.5, 0.6) is 0 Å². The number of aryl methyl sites for hydroxylation is 1. The summed E-state index contributed by atoms with van der Waals surface area (Å²) >= 11 is 0. The minimum Gasteiger partial charge on any atom is -0.342 e. The summed E-state index contributed by atoms with van der Waals surface area (Å²) in [5.41, 5.74) is 1.35. The maximum Gasteiger partial charge on any atom is 0.324 e. The van der Waals surface area contributed by atoms with Crippen molar-refractivity contribution in [2.24, 2.45) is 0 Å². The van der Waals surface area contributed by atoms with Crippen molar-refractivity contribution in [3.05, 3.63) is 35.4 Å². The van der Waals surface area contributed by atoms with Crippen molar-refractivity contribution in [1.29, 1.82) is 0 Å². The first-order valence-electron chi connectivity index (χ1n) is 7.85. The van der Waals surface area contributed by atoms with Crippen LogP contribution >= 0.6 is 0 Å². The van der Waals surface area contributed by atoms with Crippen LogP contribution in [-0.4, -0.2) is 53.3 Å². The molecule has 23 heavy (non-hydrogen) atoms. The van der Waals surface area contributed by atoms with Gasteiger partial charge in [0.1, 0.15) is 5.54 Å². The van der Waals surface area contributed by atoms with Gasteiger partial charge in [0.15, 0.2) is 0 Å². The maximum absolute atomic E-state index is 12.4. The zero-order valence-electron chi connectivity index (χ0n) is 13.5. The van der Waals surface area contributed by atoms with Crippen molar-refractivity contribution in [2.45, 2.75) is 31.7 Å². The predicted molar refractivity (Wildman–Crippen MR) is 84.7 cm³/mol. The molecule has 0 unspecified atom stereocenters. The van der Waals surface area contributed by atoms with E-state index in [4.69, 9.17) is 0 Å². The third kappa shape index (κ3) is 2.81. The number of hydrogen-bond acceptors (Lipinski definition) is 3. The Labute approximate surface area is 135 Å². The Morgan fingerprint density at radius 3 is 2.30 bits per heavy atom. The number of hydrogen-bond donors (Lipinski definition) is 1. The molecule has 2 aliphatic heterocycles. The van der Waals surface area contributed by atoms with Crippen molar-refractivity contribution < 1.29 is 14.4 Å². The molecule has 0 aliphatic carbocycles. The molecule has 0 atom stereocenters. The van der Waals surface area contributed by atoms with E-state index in [1.165, 1.54) is 12.6 Å². The fraction of sp³-hybridized carbons (Fsp3) is 0.471. The van der Waals surface area contributed by atoms with Gasteiger partial charge in [0.05, 0.1) is 6.42 Å². The van der Waals surface area contributed by atoms with Crippen LogP contribution in [0, 0.1) is 6.92 Å². The second-order valence-electron chi connectivity index (χ2n) is 6.42. The molecule has 2 fully saturated rings. The van der Waals surface area contributed by atoms with Crippen LogP contribution in [-0.2, 0) is 16.0 Å². The molecular formula is C17H21N3O3. The van der Waals surface area contributed by atoms with Crippen molar-refractivity contribution in [3.63, 3.8) is 0 Å². The quantitative estimate of drug-likeness (QED) is 0.830. The van der Waals surface area contributed by atoms with Crippen LogP contribution in [0.25, 0.3) is 0 Å². The van der Waals surface area contributed by atoms with Crippen LogP contribution in [0.2, 0.25) is 0 Å². The second-order valence-corrected chi connectivity index (χ2v) is 6.42. The number of benzene rings is 1. The van der Waals surface area contributed by atoms with E-state index in [0.717, 1.165) is 10.5 Å². The first kappa shape index (κ1) is 15.5. The molecule has 4 amide bonds. The summed E-state index contributed by atoms with van der Waals surface area (Å²) in [5, 5.41) is 2.78. The van der Waals surface area contributed by atoms with Gasteiger partial charge in [-0.1, -0.05) is 29.8 Å². The molecule has 0 bridgehead atoms. The molecule has 6 nitrogen and oxygen atoms in total. The number of nitrogens with zero attached hydrogens (tertiary/aromatic N) is 2. The lowest BCUT2D eigenvalue weighted by molar-refractivity contribution is -0.137. The monoisotopic (exact) mass is 315 g/mol. The average molecular weight is 315 g/mol. The molecule has 0 saturated carbocycles. The van der Waals surface area contributed by atoms with Gasteiger partial charge in [-0.2, -0.15) is 0 Å². The Morgan fingerprint density at radius 2 is 1.78 bits per heavy atom. The molecule has 6 heteroatoms. The molecule has 1 spiro atoms. The van der Waals surface area contributed by atoms with Gasteiger partial charge >= 0.3 is 6.03 Å². The van der Waals surface area contributed by atoms with Gasteiger partial charge in [0.2, 0.25) is 5.91 Å². The summed E-state index contributed by atoms with van der Waals surface area (Å²) in [7, 11) is 1.49. The van der Waals surface area contributed by atoms with Crippen molar-refractivity contribution in [2.75, 3.05) is 20.1 Å². The third-order valence-corrected chi connectivity index (χ3v) is 4.81. The SMILES string of the molecule is Cc1ccc(CC(=O)N2CCC3(CC2)NC(=O)N(C)C3=O)cc1. The molecule has 3 rings (SSSR count). The maximum atomic E-state index is 12.4. The number of carbonyl (C=O) groups excluding carboxylic acids is 3. The van der Waals surface area contributed by atoms with E-state index in [0.29, 0.717) is 32.4 Å². The largest absolute Gasteiger partial charge is 0.342 e. The van der Waals surface area contributed by atoms with Gasteiger partial charge in [0.25, 0.3) is 5.91 Å². The fourth-order valence-electron chi connectivity index (χ4n) is 3.22. The van der Waals surface area contributed by atoms with E-state index in [-0.39, 0.29) is 17.8 Å². The number of piperidine rings is 1. The molecular weight excluding hydrogens is 294 g/mol. The van der Waals surface area contributed by atoms with E-state index in [1.54, 1.807) is 4.90 Å². The smallest absolute Gasteiger partial charge is 0.324 e. The Morgan fingerprint density at radius 1 is 1.17 bits per heavy atom. The third-order valence-electron chi connectivity index (χ3n) is 4.81. The van der Waals surface area contributed by atoms with Crippen molar-refractivity contribution >= 4 is 17.8 Å². The van der Waals surface area contributed by atoms with Crippen LogP contribution in [0.4, 0.5) is 4.79 Å². The Bertz CT molecular complexity index is 646. The van der Waals surface area contributed by atoms with Crippen molar-refractivity contribution in [3.8, 4) is 0 Å². The Hall–Kier alpha value is -2.37. The van der Waals surface area contributed by atoms with Crippen molar-refractivity contribution in [1.82, 2.24) is 15.1 Å². The molecule has 122 valence electrons. The zero-order valence-corrected chi connectivity index (χ0v) is 13.5. The lowest BCUT2D eigenvalue weighted by Crippen LogP contribution is -2.56. The highest BCUT2D eigenvalue weighted by Crippen LogP contribution is 2.29. The predicted octanol–water partition coefficient (Wildman–Crippen LogP) is 1.08. The minimum absolute atomic E-state index is 0.0637. The lowest BCUT2D eigenvalue weighted by Gasteiger charge is -2.37. The molecule has 0 aromatic heterocycles. The molecule has 1 aromatic carbocycles. The lowest BCUT2D eigenvalue weighted by atomic mass is 9.87. The topological polar surface area (TPSA) is 69.7 Å². The number of likely N-dealkylation sites (tertiary alicyclic amines) is 1. The molecule has 2 saturated heterocycles. The highest BCUT2D eigenvalue weighted by atomic mass is 16.2. The number of amides is 4. The average Bonchev–Trinajstić information content (AvgIpc) is 2.74. The summed E-state index contributed by atoms with van der Waals surface area (Å²) < 4.78 is 0. The summed E-state index contributed by atoms with van der Waals surface area (Å²) in [6.07, 6.45) is 1.32. The zero-order chi connectivity index (χ0) is 16.6. The van der Waals surface area contributed by atoms with Gasteiger partial charge in [0, 0.05) is 20.1 Å². The van der Waals surface area contributed by atoms with Crippen LogP contribution in [0.1, 0.15) is 24.0 Å².